The van der Waals surface area contributed by atoms with E-state index in [4.69, 9.17) is 12.2 Å². The zero-order valence-electron chi connectivity index (χ0n) is 21.6. The maximum atomic E-state index is 9.53. The molecule has 0 spiro atoms. The summed E-state index contributed by atoms with van der Waals surface area (Å²) in [5.74, 6) is 0.489. The molecule has 3 N–H and O–H groups in total. The minimum Gasteiger partial charge on any atom is -0.393 e. The van der Waals surface area contributed by atoms with Crippen LogP contribution >= 0.6 is 24.0 Å². The van der Waals surface area contributed by atoms with Crippen LogP contribution in [0.15, 0.2) is 41.9 Å². The topological polar surface area (TPSA) is 47.5 Å². The fourth-order valence-corrected chi connectivity index (χ4v) is 6.39. The van der Waals surface area contributed by atoms with E-state index >= 15 is 0 Å². The summed E-state index contributed by atoms with van der Waals surface area (Å²) in [5, 5.41) is 16.8. The van der Waals surface area contributed by atoms with Gasteiger partial charge in [-0.25, -0.2) is 0 Å². The molecule has 1 aromatic rings. The quantitative estimate of drug-likeness (QED) is 0.295. The number of rotatable bonds is 12. The lowest BCUT2D eigenvalue weighted by molar-refractivity contribution is 0.0746. The van der Waals surface area contributed by atoms with Crippen molar-refractivity contribution in [2.45, 2.75) is 90.2 Å². The van der Waals surface area contributed by atoms with Crippen molar-refractivity contribution in [3.8, 4) is 0 Å². The Balaban J connectivity index is 1.42. The summed E-state index contributed by atoms with van der Waals surface area (Å²) in [6.07, 6.45) is 6.89. The molecule has 0 aromatic heterocycles. The first kappa shape index (κ1) is 27.3. The van der Waals surface area contributed by atoms with Crippen LogP contribution in [0.3, 0.4) is 0 Å². The van der Waals surface area contributed by atoms with Gasteiger partial charge in [-0.05, 0) is 75.1 Å². The van der Waals surface area contributed by atoms with E-state index in [1.165, 1.54) is 23.3 Å². The highest BCUT2D eigenvalue weighted by molar-refractivity contribution is 8.04. The van der Waals surface area contributed by atoms with E-state index in [-0.39, 0.29) is 11.5 Å². The maximum absolute atomic E-state index is 9.53. The third kappa shape index (κ3) is 7.33. The van der Waals surface area contributed by atoms with Crippen LogP contribution < -0.4 is 10.6 Å². The summed E-state index contributed by atoms with van der Waals surface area (Å²) in [5.41, 5.74) is 3.39. The van der Waals surface area contributed by atoms with Crippen molar-refractivity contribution in [2.24, 2.45) is 5.41 Å². The smallest absolute Gasteiger partial charge is 0.0847 e. The van der Waals surface area contributed by atoms with Gasteiger partial charge in [-0.1, -0.05) is 63.8 Å². The predicted octanol–water partition coefficient (Wildman–Crippen LogP) is 6.24. The Morgan fingerprint density at radius 2 is 1.97 bits per heavy atom. The number of aliphatic hydroxyl groups is 1. The number of aliphatic hydroxyl groups excluding tert-OH is 1. The van der Waals surface area contributed by atoms with Gasteiger partial charge >= 0.3 is 0 Å². The number of benzene rings is 1. The van der Waals surface area contributed by atoms with Gasteiger partial charge in [0.25, 0.3) is 0 Å². The molecular weight excluding hydrogens is 458 g/mol. The minimum atomic E-state index is -0.127. The van der Waals surface area contributed by atoms with Crippen LogP contribution in [-0.2, 0) is 0 Å². The van der Waals surface area contributed by atoms with Gasteiger partial charge < -0.3 is 20.6 Å². The van der Waals surface area contributed by atoms with Crippen molar-refractivity contribution in [1.29, 1.82) is 0 Å². The molecule has 3 rings (SSSR count). The van der Waals surface area contributed by atoms with Gasteiger partial charge in [0.15, 0.2) is 0 Å². The van der Waals surface area contributed by atoms with Gasteiger partial charge in [-0.3, -0.25) is 0 Å². The van der Waals surface area contributed by atoms with E-state index < -0.39 is 0 Å². The maximum Gasteiger partial charge on any atom is 0.0847 e. The van der Waals surface area contributed by atoms with Crippen LogP contribution in [0, 0.1) is 5.41 Å². The fourth-order valence-electron chi connectivity index (χ4n) is 4.78. The SMILES string of the molecule is C=C(NC(=S)CC1=CNC(C(C)(C)CCCN(CC)C(C)C)S1)c1ccc(C2CC(O)C2)cc1. The molecule has 1 heterocycles. The van der Waals surface area contributed by atoms with Gasteiger partial charge in [0.2, 0.25) is 0 Å². The number of hydrogen-bond acceptors (Lipinski definition) is 5. The molecule has 1 saturated carbocycles. The number of thioether (sulfide) groups is 1. The van der Waals surface area contributed by atoms with Crippen molar-refractivity contribution >= 4 is 34.7 Å². The fraction of sp³-hybridized carbons (Fsp3) is 0.607. The number of hydrogen-bond donors (Lipinski definition) is 3. The molecule has 2 aliphatic rings. The molecule has 0 saturated heterocycles. The second-order valence-electron chi connectivity index (χ2n) is 10.7. The monoisotopic (exact) mass is 501 g/mol. The van der Waals surface area contributed by atoms with Crippen molar-refractivity contribution in [2.75, 3.05) is 13.1 Å². The summed E-state index contributed by atoms with van der Waals surface area (Å²) >= 11 is 7.57. The zero-order valence-corrected chi connectivity index (χ0v) is 23.2. The molecule has 188 valence electrons. The van der Waals surface area contributed by atoms with Gasteiger partial charge in [0, 0.05) is 29.3 Å². The van der Waals surface area contributed by atoms with Crippen molar-refractivity contribution in [3.63, 3.8) is 0 Å². The molecular formula is C28H43N3OS2. The Bertz CT molecular complexity index is 872. The van der Waals surface area contributed by atoms with Gasteiger partial charge in [-0.15, -0.1) is 11.8 Å². The minimum absolute atomic E-state index is 0.127. The van der Waals surface area contributed by atoms with Gasteiger partial charge in [0.05, 0.1) is 16.5 Å². The van der Waals surface area contributed by atoms with Crippen LogP contribution in [0.4, 0.5) is 0 Å². The summed E-state index contributed by atoms with van der Waals surface area (Å²) in [6, 6.07) is 9.10. The Morgan fingerprint density at radius 3 is 2.56 bits per heavy atom. The van der Waals surface area contributed by atoms with Crippen molar-refractivity contribution in [3.05, 3.63) is 53.1 Å². The van der Waals surface area contributed by atoms with E-state index in [1.54, 1.807) is 0 Å². The summed E-state index contributed by atoms with van der Waals surface area (Å²) in [4.78, 5) is 4.61. The highest BCUT2D eigenvalue weighted by Gasteiger charge is 2.33. The van der Waals surface area contributed by atoms with E-state index in [9.17, 15) is 5.11 Å². The molecule has 1 atom stereocenters. The van der Waals surface area contributed by atoms with E-state index in [0.717, 1.165) is 48.6 Å². The Morgan fingerprint density at radius 1 is 1.29 bits per heavy atom. The first-order valence-corrected chi connectivity index (χ1v) is 14.0. The number of nitrogens with zero attached hydrogens (tertiary/aromatic N) is 1. The lowest BCUT2D eigenvalue weighted by Gasteiger charge is -2.33. The van der Waals surface area contributed by atoms with Crippen molar-refractivity contribution < 1.29 is 5.11 Å². The van der Waals surface area contributed by atoms with E-state index in [0.29, 0.717) is 17.3 Å². The van der Waals surface area contributed by atoms with Crippen LogP contribution in [0.5, 0.6) is 0 Å². The third-order valence-corrected chi connectivity index (χ3v) is 9.07. The second kappa shape index (κ2) is 12.1. The molecule has 1 aromatic carbocycles. The average molecular weight is 502 g/mol. The Kier molecular flexibility index (Phi) is 9.67. The predicted molar refractivity (Wildman–Crippen MR) is 152 cm³/mol. The average Bonchev–Trinajstić information content (AvgIpc) is 3.23. The second-order valence-corrected chi connectivity index (χ2v) is 12.5. The van der Waals surface area contributed by atoms with Gasteiger partial charge in [0.1, 0.15) is 0 Å². The molecule has 6 heteroatoms. The normalized spacial score (nSPS) is 22.4. The molecule has 1 aliphatic carbocycles. The lowest BCUT2D eigenvalue weighted by atomic mass is 9.77. The van der Waals surface area contributed by atoms with Gasteiger partial charge in [-0.2, -0.15) is 0 Å². The van der Waals surface area contributed by atoms with Crippen LogP contribution in [-0.4, -0.2) is 45.6 Å². The number of nitrogens with one attached hydrogen (secondary N) is 2. The van der Waals surface area contributed by atoms with Crippen LogP contribution in [0.1, 0.15) is 83.8 Å². The van der Waals surface area contributed by atoms with E-state index in [2.05, 4.69) is 87.2 Å². The molecule has 1 unspecified atom stereocenters. The molecule has 4 nitrogen and oxygen atoms in total. The van der Waals surface area contributed by atoms with Crippen LogP contribution in [0.25, 0.3) is 5.70 Å². The molecule has 0 bridgehead atoms. The Hall–Kier alpha value is -1.34. The van der Waals surface area contributed by atoms with E-state index in [1.807, 2.05) is 11.8 Å². The van der Waals surface area contributed by atoms with Crippen LogP contribution in [0.2, 0.25) is 0 Å². The highest BCUT2D eigenvalue weighted by atomic mass is 32.2. The summed E-state index contributed by atoms with van der Waals surface area (Å²) in [6.45, 7) is 18.0. The highest BCUT2D eigenvalue weighted by Crippen LogP contribution is 2.41. The molecule has 0 radical (unpaired) electrons. The molecule has 1 aliphatic heterocycles. The first-order chi connectivity index (χ1) is 16.1. The largest absolute Gasteiger partial charge is 0.393 e. The molecule has 34 heavy (non-hydrogen) atoms. The molecule has 1 fully saturated rings. The zero-order chi connectivity index (χ0) is 24.9. The standard InChI is InChI=1S/C28H43N3OS2/c1-7-31(19(2)3)14-8-13-28(5,6)27-29-18-25(34-27)17-26(33)30-20(4)21-9-11-22(12-10-21)23-15-24(32)16-23/h9-12,18-19,23-24,27,29,32H,4,7-8,13-17H2,1-3,5-6H3,(H,30,33). The lowest BCUT2D eigenvalue weighted by Crippen LogP contribution is -2.36. The Labute approximate surface area is 216 Å². The van der Waals surface area contributed by atoms with Crippen molar-refractivity contribution in [1.82, 2.24) is 15.5 Å². The summed E-state index contributed by atoms with van der Waals surface area (Å²) < 4.78 is 0. The number of thiocarbonyl (C=S) groups is 1. The molecule has 0 amide bonds. The first-order valence-electron chi connectivity index (χ1n) is 12.7. The summed E-state index contributed by atoms with van der Waals surface area (Å²) in [7, 11) is 0. The third-order valence-electron chi connectivity index (χ3n) is 7.25.